The number of nitrogens with one attached hydrogen (secondary N) is 2. The summed E-state index contributed by atoms with van der Waals surface area (Å²) in [5.41, 5.74) is 1.39. The van der Waals surface area contributed by atoms with Crippen LogP contribution in [0.3, 0.4) is 0 Å². The van der Waals surface area contributed by atoms with E-state index < -0.39 is 28.5 Å². The van der Waals surface area contributed by atoms with E-state index in [0.29, 0.717) is 11.3 Å². The van der Waals surface area contributed by atoms with Gasteiger partial charge in [0, 0.05) is 17.6 Å². The van der Waals surface area contributed by atoms with Crippen LogP contribution < -0.4 is 19.1 Å². The molecule has 1 aliphatic rings. The molecule has 0 aliphatic carbocycles. The van der Waals surface area contributed by atoms with Gasteiger partial charge in [-0.05, 0) is 47.6 Å². The minimum atomic E-state index is -4.21. The summed E-state index contributed by atoms with van der Waals surface area (Å²) in [6, 6.07) is 16.0. The normalized spacial score (nSPS) is 15.2. The van der Waals surface area contributed by atoms with Gasteiger partial charge >= 0.3 is 10.2 Å². The molecule has 2 N–H and O–H groups in total. The number of hydrogen-bond acceptors (Lipinski definition) is 5. The largest absolute Gasteiger partial charge is 0.487 e. The molecule has 1 heterocycles. The Balaban J connectivity index is 1.76. The lowest BCUT2D eigenvalue weighted by atomic mass is 10.1. The Hall–Kier alpha value is -3.33. The number of fused-ring (bicyclic) bond motifs is 1. The van der Waals surface area contributed by atoms with Crippen molar-refractivity contribution >= 4 is 38.3 Å². The minimum Gasteiger partial charge on any atom is -0.487 e. The molecule has 0 aromatic heterocycles. The maximum Gasteiger partial charge on any atom is 0.326 e. The highest BCUT2D eigenvalue weighted by atomic mass is 32.2. The van der Waals surface area contributed by atoms with E-state index in [0.717, 1.165) is 28.5 Å². The zero-order chi connectivity index (χ0) is 23.6. The molecule has 9 heteroatoms. The first kappa shape index (κ1) is 22.8. The molecule has 4 rings (SSSR count). The number of benzene rings is 3. The van der Waals surface area contributed by atoms with E-state index in [1.807, 2.05) is 35.1 Å². The average Bonchev–Trinajstić information content (AvgIpc) is 3.04. The second-order valence-corrected chi connectivity index (χ2v) is 9.99. The molecule has 0 saturated carbocycles. The molecule has 33 heavy (non-hydrogen) atoms. The van der Waals surface area contributed by atoms with Crippen LogP contribution in [0.15, 0.2) is 54.6 Å². The number of carbonyl (C=O) groups is 1. The number of anilines is 2. The summed E-state index contributed by atoms with van der Waals surface area (Å²) in [6.45, 7) is 4.66. The molecule has 3 aromatic carbocycles. The van der Waals surface area contributed by atoms with Crippen molar-refractivity contribution in [2.75, 3.05) is 22.7 Å². The first-order valence-corrected chi connectivity index (χ1v) is 12.2. The van der Waals surface area contributed by atoms with Gasteiger partial charge in [0.2, 0.25) is 0 Å². The molecule has 0 bridgehead atoms. The number of rotatable bonds is 8. The average molecular weight is 472 g/mol. The highest BCUT2D eigenvalue weighted by Crippen LogP contribution is 2.40. The third-order valence-corrected chi connectivity index (χ3v) is 6.75. The summed E-state index contributed by atoms with van der Waals surface area (Å²) in [7, 11) is -4.21. The van der Waals surface area contributed by atoms with Crippen LogP contribution in [-0.2, 0) is 21.6 Å². The number of halogens is 1. The standard InChI is InChI=1S/C24H26FN3O4S/c1-16(2)10-11-26-19-8-9-20-18(12-19)13-21(32-15-17-6-4-3-5-7-17)24(23(20)25)28-14-22(29)27-33(28,30)31/h3-9,12-13,16,26H,10-11,14-15H2,1-2H3,(H,27,29). The monoisotopic (exact) mass is 471 g/mol. The Labute approximate surface area is 192 Å². The van der Waals surface area contributed by atoms with Crippen molar-refractivity contribution in [1.82, 2.24) is 4.72 Å². The quantitative estimate of drug-likeness (QED) is 0.514. The van der Waals surface area contributed by atoms with Crippen LogP contribution in [0, 0.1) is 11.7 Å². The van der Waals surface area contributed by atoms with Gasteiger partial charge in [-0.15, -0.1) is 0 Å². The summed E-state index contributed by atoms with van der Waals surface area (Å²) in [5.74, 6) is -0.893. The molecule has 174 valence electrons. The Morgan fingerprint density at radius 2 is 1.91 bits per heavy atom. The van der Waals surface area contributed by atoms with E-state index >= 15 is 4.39 Å². The van der Waals surface area contributed by atoms with E-state index in [9.17, 15) is 13.2 Å². The summed E-state index contributed by atoms with van der Waals surface area (Å²) in [4.78, 5) is 11.8. The van der Waals surface area contributed by atoms with Gasteiger partial charge < -0.3 is 10.1 Å². The van der Waals surface area contributed by atoms with Crippen LogP contribution in [0.4, 0.5) is 15.8 Å². The van der Waals surface area contributed by atoms with Crippen LogP contribution >= 0.6 is 0 Å². The fourth-order valence-corrected chi connectivity index (χ4v) is 4.83. The molecule has 1 aliphatic heterocycles. The number of ether oxygens (including phenoxy) is 1. The molecule has 0 unspecified atom stereocenters. The Morgan fingerprint density at radius 3 is 2.58 bits per heavy atom. The Kier molecular flexibility index (Phi) is 6.42. The van der Waals surface area contributed by atoms with Crippen molar-refractivity contribution < 1.29 is 22.3 Å². The first-order valence-electron chi connectivity index (χ1n) is 10.7. The first-order chi connectivity index (χ1) is 15.7. The highest BCUT2D eigenvalue weighted by molar-refractivity contribution is 7.92. The van der Waals surface area contributed by atoms with Crippen molar-refractivity contribution in [2.24, 2.45) is 5.92 Å². The lowest BCUT2D eigenvalue weighted by Crippen LogP contribution is -2.30. The highest BCUT2D eigenvalue weighted by Gasteiger charge is 2.38. The predicted molar refractivity (Wildman–Crippen MR) is 127 cm³/mol. The van der Waals surface area contributed by atoms with Crippen molar-refractivity contribution in [1.29, 1.82) is 0 Å². The van der Waals surface area contributed by atoms with Crippen LogP contribution in [0.2, 0.25) is 0 Å². The molecule has 1 saturated heterocycles. The summed E-state index contributed by atoms with van der Waals surface area (Å²) in [6.07, 6.45) is 0.991. The second kappa shape index (κ2) is 9.27. The fourth-order valence-electron chi connectivity index (χ4n) is 3.67. The molecular formula is C24H26FN3O4S. The fraction of sp³-hybridized carbons (Fsp3) is 0.292. The maximum atomic E-state index is 15.7. The molecular weight excluding hydrogens is 445 g/mol. The zero-order valence-corrected chi connectivity index (χ0v) is 19.3. The second-order valence-electron chi connectivity index (χ2n) is 8.39. The molecule has 7 nitrogen and oxygen atoms in total. The molecule has 1 fully saturated rings. The lowest BCUT2D eigenvalue weighted by Gasteiger charge is -2.21. The van der Waals surface area contributed by atoms with E-state index in [1.165, 1.54) is 0 Å². The number of nitrogens with zero attached hydrogens (tertiary/aromatic N) is 1. The van der Waals surface area contributed by atoms with Gasteiger partial charge in [0.05, 0.1) is 0 Å². The maximum absolute atomic E-state index is 15.7. The molecule has 0 atom stereocenters. The number of carbonyl (C=O) groups excluding carboxylic acids is 1. The van der Waals surface area contributed by atoms with Gasteiger partial charge in [-0.25, -0.2) is 13.4 Å². The Bertz CT molecular complexity index is 1280. The summed E-state index contributed by atoms with van der Waals surface area (Å²) < 4.78 is 49.2. The van der Waals surface area contributed by atoms with Crippen LogP contribution in [0.25, 0.3) is 10.8 Å². The van der Waals surface area contributed by atoms with Crippen LogP contribution in [0.5, 0.6) is 5.75 Å². The van der Waals surface area contributed by atoms with Gasteiger partial charge in [0.15, 0.2) is 5.82 Å². The third-order valence-electron chi connectivity index (χ3n) is 5.37. The van der Waals surface area contributed by atoms with Crippen LogP contribution in [0.1, 0.15) is 25.8 Å². The van der Waals surface area contributed by atoms with Crippen molar-refractivity contribution in [2.45, 2.75) is 26.9 Å². The predicted octanol–water partition coefficient (Wildman–Crippen LogP) is 4.20. The van der Waals surface area contributed by atoms with E-state index in [4.69, 9.17) is 4.74 Å². The number of hydrogen-bond donors (Lipinski definition) is 2. The number of amides is 1. The van der Waals surface area contributed by atoms with E-state index in [1.54, 1.807) is 24.3 Å². The van der Waals surface area contributed by atoms with E-state index in [-0.39, 0.29) is 23.4 Å². The molecule has 1 amide bonds. The lowest BCUT2D eigenvalue weighted by molar-refractivity contribution is -0.117. The summed E-state index contributed by atoms with van der Waals surface area (Å²) >= 11 is 0. The van der Waals surface area contributed by atoms with Crippen molar-refractivity contribution in [3.63, 3.8) is 0 Å². The van der Waals surface area contributed by atoms with Gasteiger partial charge in [-0.3, -0.25) is 4.79 Å². The van der Waals surface area contributed by atoms with Gasteiger partial charge in [0.1, 0.15) is 24.6 Å². The van der Waals surface area contributed by atoms with Crippen LogP contribution in [-0.4, -0.2) is 27.4 Å². The smallest absolute Gasteiger partial charge is 0.326 e. The molecule has 0 radical (unpaired) electrons. The topological polar surface area (TPSA) is 87.7 Å². The van der Waals surface area contributed by atoms with Gasteiger partial charge in [0.25, 0.3) is 5.91 Å². The SMILES string of the molecule is CC(C)CCNc1ccc2c(F)c(N3CC(=O)NS3(=O)=O)c(OCc3ccccc3)cc2c1. The molecule has 0 spiro atoms. The minimum absolute atomic E-state index is 0.0447. The van der Waals surface area contributed by atoms with Crippen molar-refractivity contribution in [3.8, 4) is 5.75 Å². The Morgan fingerprint density at radius 1 is 1.15 bits per heavy atom. The van der Waals surface area contributed by atoms with Gasteiger partial charge in [-0.2, -0.15) is 8.42 Å². The van der Waals surface area contributed by atoms with Gasteiger partial charge in [-0.1, -0.05) is 44.2 Å². The zero-order valence-electron chi connectivity index (χ0n) is 18.5. The third kappa shape index (κ3) is 5.03. The van der Waals surface area contributed by atoms with Crippen molar-refractivity contribution in [3.05, 3.63) is 66.0 Å². The molecule has 3 aromatic rings. The van der Waals surface area contributed by atoms with E-state index in [2.05, 4.69) is 19.2 Å². The summed E-state index contributed by atoms with van der Waals surface area (Å²) in [5, 5.41) is 4.13.